The summed E-state index contributed by atoms with van der Waals surface area (Å²) in [6.07, 6.45) is 0. The van der Waals surface area contributed by atoms with E-state index in [1.165, 1.54) is 0 Å². The molecule has 9 nitrogen and oxygen atoms in total. The zero-order valence-electron chi connectivity index (χ0n) is 4.70. The maximum atomic E-state index is 8.74. The van der Waals surface area contributed by atoms with E-state index >= 15 is 0 Å². The zero-order valence-corrected chi connectivity index (χ0v) is 6.33. The van der Waals surface area contributed by atoms with E-state index in [1.807, 2.05) is 0 Å². The molecular formula is H5ClNO8S-. The topological polar surface area (TPSA) is 172 Å². The van der Waals surface area contributed by atoms with Crippen LogP contribution >= 0.6 is 12.4 Å². The summed E-state index contributed by atoms with van der Waals surface area (Å²) in [5, 5.41) is 14.8. The van der Waals surface area contributed by atoms with Crippen molar-refractivity contribution >= 4 is 22.8 Å². The van der Waals surface area contributed by atoms with Gasteiger partial charge in [-0.05, 0) is 0 Å². The van der Waals surface area contributed by atoms with Gasteiger partial charge in [0.1, 0.15) is 0 Å². The summed E-state index contributed by atoms with van der Waals surface area (Å²) in [5.41, 5.74) is 0. The molecule has 0 radical (unpaired) electrons. The van der Waals surface area contributed by atoms with Gasteiger partial charge in [-0.1, -0.05) is 0 Å². The van der Waals surface area contributed by atoms with Gasteiger partial charge in [0.2, 0.25) is 0 Å². The number of hydrogen-bond acceptors (Lipinski definition) is 5. The molecule has 72 valence electrons. The largest absolute Gasteiger partial charge is 0.412 e. The minimum atomic E-state index is -4.67. The first kappa shape index (κ1) is 22.4. The monoisotopic (exact) mass is 214 g/mol. The highest BCUT2D eigenvalue weighted by Crippen LogP contribution is 1.59. The van der Waals surface area contributed by atoms with Crippen LogP contribution in [0.5, 0.6) is 0 Å². The van der Waals surface area contributed by atoms with Crippen LogP contribution < -0.4 is 0 Å². The second-order valence-electron chi connectivity index (χ2n) is 0.671. The lowest BCUT2D eigenvalue weighted by Gasteiger charge is -1.74. The van der Waals surface area contributed by atoms with Crippen molar-refractivity contribution in [3.8, 4) is 0 Å². The number of halogens is 1. The molecule has 0 fully saturated rings. The second kappa shape index (κ2) is 9.32. The van der Waals surface area contributed by atoms with E-state index in [1.54, 1.807) is 0 Å². The molecule has 0 bridgehead atoms. The Morgan fingerprint density at radius 2 is 1.18 bits per heavy atom. The van der Waals surface area contributed by atoms with Gasteiger partial charge in [-0.25, -0.2) is 0 Å². The molecule has 0 saturated carbocycles. The fourth-order valence-electron chi connectivity index (χ4n) is 0. The standard InChI is InChI=1S/ClH.NO3.H2O4S.H2O/c;2-1(3)4;1-5(2,3)4;/h1H;;(H2,1,2,3,4);1H2/q;-1;;. The molecule has 0 aliphatic heterocycles. The first-order chi connectivity index (χ1) is 3.73. The molecule has 0 unspecified atom stereocenters. The predicted octanol–water partition coefficient (Wildman–Crippen LogP) is -1.29. The Bertz CT molecular complexity index is 157. The Morgan fingerprint density at radius 3 is 1.18 bits per heavy atom. The van der Waals surface area contributed by atoms with E-state index in [2.05, 4.69) is 0 Å². The van der Waals surface area contributed by atoms with Gasteiger partial charge in [0.15, 0.2) is 0 Å². The fraction of sp³-hybridized carbons (Fsp3) is 0. The van der Waals surface area contributed by atoms with Crippen molar-refractivity contribution < 1.29 is 28.1 Å². The highest BCUT2D eigenvalue weighted by molar-refractivity contribution is 7.79. The molecule has 0 aliphatic carbocycles. The smallest absolute Gasteiger partial charge is 0.394 e. The predicted molar refractivity (Wildman–Crippen MR) is 35.4 cm³/mol. The first-order valence-electron chi connectivity index (χ1n) is 1.25. The van der Waals surface area contributed by atoms with Crippen LogP contribution in [-0.2, 0) is 10.4 Å². The van der Waals surface area contributed by atoms with E-state index in [-0.39, 0.29) is 17.9 Å². The first-order valence-corrected chi connectivity index (χ1v) is 2.64. The lowest BCUT2D eigenvalue weighted by Crippen LogP contribution is -1.89. The highest BCUT2D eigenvalue weighted by Gasteiger charge is 1.84. The molecule has 0 heterocycles. The van der Waals surface area contributed by atoms with Crippen LogP contribution in [0, 0.1) is 15.3 Å². The third-order valence-corrected chi connectivity index (χ3v) is 0. The Kier molecular flexibility index (Phi) is 19.0. The maximum Gasteiger partial charge on any atom is 0.394 e. The molecule has 11 heteroatoms. The molecule has 4 N–H and O–H groups in total. The van der Waals surface area contributed by atoms with Crippen LogP contribution in [0.2, 0.25) is 0 Å². The lowest BCUT2D eigenvalue weighted by molar-refractivity contribution is -0.402. The molecule has 0 aromatic heterocycles. The summed E-state index contributed by atoms with van der Waals surface area (Å²) in [4.78, 5) is 8.25. The van der Waals surface area contributed by atoms with Gasteiger partial charge < -0.3 is 20.8 Å². The summed E-state index contributed by atoms with van der Waals surface area (Å²) in [6, 6.07) is 0. The Hall–Kier alpha value is -0.680. The van der Waals surface area contributed by atoms with Crippen molar-refractivity contribution in [1.82, 2.24) is 0 Å². The van der Waals surface area contributed by atoms with Gasteiger partial charge in [-0.2, -0.15) is 8.42 Å². The Morgan fingerprint density at radius 1 is 1.18 bits per heavy atom. The second-order valence-corrected chi connectivity index (χ2v) is 1.57. The molecule has 11 heavy (non-hydrogen) atoms. The number of nitrogens with zero attached hydrogens (tertiary/aromatic N) is 1. The highest BCUT2D eigenvalue weighted by atomic mass is 35.5. The minimum Gasteiger partial charge on any atom is -0.412 e. The summed E-state index contributed by atoms with van der Waals surface area (Å²) >= 11 is 0. The third-order valence-electron chi connectivity index (χ3n) is 0. The third kappa shape index (κ3) is 1080. The van der Waals surface area contributed by atoms with E-state index in [0.29, 0.717) is 0 Å². The fourth-order valence-corrected chi connectivity index (χ4v) is 0. The molecule has 0 rings (SSSR count). The van der Waals surface area contributed by atoms with Crippen molar-refractivity contribution in [2.24, 2.45) is 0 Å². The average Bonchev–Trinajstić information content (AvgIpc) is 1.19. The zero-order chi connectivity index (χ0) is 8.08. The van der Waals surface area contributed by atoms with Gasteiger partial charge in [0.25, 0.3) is 0 Å². The molecule has 0 spiro atoms. The van der Waals surface area contributed by atoms with Crippen LogP contribution in [-0.4, -0.2) is 28.1 Å². The van der Waals surface area contributed by atoms with Crippen molar-refractivity contribution in [1.29, 1.82) is 0 Å². The molecule has 0 aromatic rings. The molecular weight excluding hydrogens is 210 g/mol. The van der Waals surface area contributed by atoms with Crippen molar-refractivity contribution in [2.75, 3.05) is 0 Å². The van der Waals surface area contributed by atoms with Crippen LogP contribution in [0.15, 0.2) is 0 Å². The van der Waals surface area contributed by atoms with Crippen molar-refractivity contribution in [2.45, 2.75) is 0 Å². The maximum absolute atomic E-state index is 8.74. The Labute approximate surface area is 67.0 Å². The quantitative estimate of drug-likeness (QED) is 0.286. The number of hydrogen-bond donors (Lipinski definition) is 2. The summed E-state index contributed by atoms with van der Waals surface area (Å²) in [6.45, 7) is 0. The average molecular weight is 215 g/mol. The van der Waals surface area contributed by atoms with Gasteiger partial charge in [0.05, 0.1) is 5.09 Å². The molecule has 0 atom stereocenters. The lowest BCUT2D eigenvalue weighted by atomic mass is 13.1. The molecule has 0 aliphatic rings. The van der Waals surface area contributed by atoms with Gasteiger partial charge >= 0.3 is 10.4 Å². The van der Waals surface area contributed by atoms with Crippen LogP contribution in [0.4, 0.5) is 0 Å². The number of rotatable bonds is 0. The van der Waals surface area contributed by atoms with E-state index in [0.717, 1.165) is 0 Å². The van der Waals surface area contributed by atoms with E-state index < -0.39 is 15.5 Å². The van der Waals surface area contributed by atoms with Crippen molar-refractivity contribution in [3.63, 3.8) is 0 Å². The molecule has 0 saturated heterocycles. The van der Waals surface area contributed by atoms with Crippen LogP contribution in [0.1, 0.15) is 0 Å². The van der Waals surface area contributed by atoms with Crippen molar-refractivity contribution in [3.05, 3.63) is 15.3 Å². The van der Waals surface area contributed by atoms with Gasteiger partial charge in [-0.3, -0.25) is 9.11 Å². The summed E-state index contributed by atoms with van der Waals surface area (Å²) < 4.78 is 31.6. The van der Waals surface area contributed by atoms with Gasteiger partial charge in [0, 0.05) is 0 Å². The van der Waals surface area contributed by atoms with Gasteiger partial charge in [-0.15, -0.1) is 12.4 Å². The SMILES string of the molecule is Cl.O.O=S(=O)(O)O.O=[N+]([O-])[O-]. The van der Waals surface area contributed by atoms with E-state index in [9.17, 15) is 0 Å². The molecule has 0 amide bonds. The summed E-state index contributed by atoms with van der Waals surface area (Å²) in [7, 11) is -4.67. The Balaban J connectivity index is -0.0000000383. The summed E-state index contributed by atoms with van der Waals surface area (Å²) in [5.74, 6) is 0. The molecule has 0 aromatic carbocycles. The normalized spacial score (nSPS) is 7.45. The van der Waals surface area contributed by atoms with Crippen LogP contribution in [0.25, 0.3) is 0 Å². The van der Waals surface area contributed by atoms with E-state index in [4.69, 9.17) is 32.8 Å². The van der Waals surface area contributed by atoms with Crippen LogP contribution in [0.3, 0.4) is 0 Å². The minimum absolute atomic E-state index is 0.